The fourth-order valence-electron chi connectivity index (χ4n) is 6.94. The molecule has 1 saturated heterocycles. The van der Waals surface area contributed by atoms with E-state index in [9.17, 15) is 24.3 Å². The molecule has 1 aliphatic rings. The van der Waals surface area contributed by atoms with Crippen LogP contribution >= 0.6 is 11.3 Å². The highest BCUT2D eigenvalue weighted by molar-refractivity contribution is 7.09. The van der Waals surface area contributed by atoms with Gasteiger partial charge in [0, 0.05) is 38.7 Å². The molecule has 17 heteroatoms. The zero-order valence-electron chi connectivity index (χ0n) is 35.7. The Balaban J connectivity index is 1.63. The van der Waals surface area contributed by atoms with E-state index in [4.69, 9.17) is 18.9 Å². The fourth-order valence-corrected chi connectivity index (χ4v) is 7.69. The Hall–Kier alpha value is -4.97. The van der Waals surface area contributed by atoms with E-state index in [2.05, 4.69) is 21.0 Å². The quantitative estimate of drug-likeness (QED) is 0.112. The van der Waals surface area contributed by atoms with Crippen molar-refractivity contribution in [1.82, 2.24) is 35.9 Å². The molecule has 2 heterocycles. The number of carbonyl (C=O) groups is 4. The van der Waals surface area contributed by atoms with E-state index in [0.29, 0.717) is 49.7 Å². The first-order chi connectivity index (χ1) is 28.1. The average molecular weight is 840 g/mol. The van der Waals surface area contributed by atoms with E-state index in [0.717, 1.165) is 16.3 Å². The molecule has 4 N–H and O–H groups in total. The van der Waals surface area contributed by atoms with Gasteiger partial charge in [0.25, 0.3) is 5.91 Å². The number of amides is 5. The number of thiazole rings is 1. The van der Waals surface area contributed by atoms with Crippen molar-refractivity contribution in [3.05, 3.63) is 75.7 Å². The summed E-state index contributed by atoms with van der Waals surface area (Å²) >= 11 is 1.47. The number of alkyl carbamates (subject to hydrolysis) is 1. The van der Waals surface area contributed by atoms with Crippen molar-refractivity contribution in [2.75, 3.05) is 48.1 Å². The number of aliphatic hydroxyl groups excluding tert-OH is 1. The van der Waals surface area contributed by atoms with Gasteiger partial charge in [0.15, 0.2) is 11.5 Å². The largest absolute Gasteiger partial charge is 0.493 e. The molecular weight excluding hydrogens is 779 g/mol. The third-order valence-corrected chi connectivity index (χ3v) is 11.2. The Morgan fingerprint density at radius 3 is 2.31 bits per heavy atom. The van der Waals surface area contributed by atoms with Crippen LogP contribution in [0.4, 0.5) is 9.59 Å². The number of ether oxygens (including phenoxy) is 4. The minimum atomic E-state index is -1.24. The first kappa shape index (κ1) is 46.7. The number of nitrogens with one attached hydrogen (secondary N) is 3. The maximum Gasteiger partial charge on any atom is 0.407 e. The summed E-state index contributed by atoms with van der Waals surface area (Å²) in [6, 6.07) is 11.8. The SMILES string of the molecule is CCC(C)C(C(=O)NC(Cc1ccccc1)C(O)CN(Cc1ccc(OC)c(OC)c1)NC(=O)C(NC(=O)OC)C(C)(C)C)N1CCN(Cc2csc(COC)n2)C1=O. The molecule has 0 aliphatic carbocycles. The number of carbonyl (C=O) groups excluding carboxylic acids is 4. The summed E-state index contributed by atoms with van der Waals surface area (Å²) in [6.45, 7) is 10.8. The molecule has 0 radical (unpaired) electrons. The summed E-state index contributed by atoms with van der Waals surface area (Å²) in [6.07, 6.45) is -1.14. The van der Waals surface area contributed by atoms with Crippen LogP contribution in [0.2, 0.25) is 0 Å². The summed E-state index contributed by atoms with van der Waals surface area (Å²) in [4.78, 5) is 62.6. The van der Waals surface area contributed by atoms with Gasteiger partial charge in [-0.05, 0) is 41.0 Å². The second kappa shape index (κ2) is 21.9. The van der Waals surface area contributed by atoms with Gasteiger partial charge in [-0.15, -0.1) is 11.3 Å². The second-order valence-electron chi connectivity index (χ2n) is 15.7. The lowest BCUT2D eigenvalue weighted by Gasteiger charge is -2.36. The van der Waals surface area contributed by atoms with E-state index < -0.39 is 47.6 Å². The van der Waals surface area contributed by atoms with Crippen LogP contribution in [0.25, 0.3) is 0 Å². The van der Waals surface area contributed by atoms with Gasteiger partial charge < -0.3 is 44.5 Å². The summed E-state index contributed by atoms with van der Waals surface area (Å²) < 4.78 is 21.0. The predicted octanol–water partition coefficient (Wildman–Crippen LogP) is 4.35. The van der Waals surface area contributed by atoms with Gasteiger partial charge in [-0.1, -0.05) is 77.4 Å². The molecule has 5 amide bonds. The first-order valence-corrected chi connectivity index (χ1v) is 20.6. The molecule has 1 fully saturated rings. The van der Waals surface area contributed by atoms with Crippen LogP contribution in [0.1, 0.15) is 62.9 Å². The van der Waals surface area contributed by atoms with Crippen LogP contribution < -0.4 is 25.5 Å². The van der Waals surface area contributed by atoms with Gasteiger partial charge in [0.2, 0.25) is 5.91 Å². The van der Waals surface area contributed by atoms with Gasteiger partial charge in [-0.25, -0.2) is 19.6 Å². The van der Waals surface area contributed by atoms with Gasteiger partial charge >= 0.3 is 12.1 Å². The average Bonchev–Trinajstić information content (AvgIpc) is 3.81. The molecule has 0 spiro atoms. The van der Waals surface area contributed by atoms with Crippen molar-refractivity contribution in [3.63, 3.8) is 0 Å². The van der Waals surface area contributed by atoms with Gasteiger partial charge in [-0.2, -0.15) is 0 Å². The molecule has 0 bridgehead atoms. The van der Waals surface area contributed by atoms with Crippen LogP contribution in [0.5, 0.6) is 11.5 Å². The molecule has 5 atom stereocenters. The Morgan fingerprint density at radius 1 is 0.966 bits per heavy atom. The molecule has 2 aromatic carbocycles. The number of aliphatic hydroxyl groups is 1. The Kier molecular flexibility index (Phi) is 17.3. The maximum absolute atomic E-state index is 14.5. The molecule has 4 rings (SSSR count). The van der Waals surface area contributed by atoms with E-state index in [1.165, 1.54) is 32.7 Å². The molecule has 324 valence electrons. The summed E-state index contributed by atoms with van der Waals surface area (Å²) in [5.41, 5.74) is 4.52. The van der Waals surface area contributed by atoms with Crippen molar-refractivity contribution in [2.24, 2.45) is 11.3 Å². The lowest BCUT2D eigenvalue weighted by atomic mass is 9.86. The number of hydrazine groups is 1. The Bertz CT molecular complexity index is 1840. The zero-order valence-corrected chi connectivity index (χ0v) is 36.5. The molecule has 59 heavy (non-hydrogen) atoms. The van der Waals surface area contributed by atoms with E-state index in [1.54, 1.807) is 34.1 Å². The van der Waals surface area contributed by atoms with Crippen LogP contribution in [0.15, 0.2) is 53.9 Å². The minimum absolute atomic E-state index is 0.101. The molecule has 1 aliphatic heterocycles. The number of aromatic nitrogens is 1. The van der Waals surface area contributed by atoms with Crippen LogP contribution in [0.3, 0.4) is 0 Å². The fraction of sp³-hybridized carbons (Fsp3) is 0.548. The Morgan fingerprint density at radius 2 is 1.68 bits per heavy atom. The number of benzene rings is 2. The smallest absolute Gasteiger partial charge is 0.407 e. The van der Waals surface area contributed by atoms with E-state index in [1.807, 2.05) is 76.4 Å². The van der Waals surface area contributed by atoms with Crippen molar-refractivity contribution >= 4 is 35.3 Å². The van der Waals surface area contributed by atoms with Crippen molar-refractivity contribution in [1.29, 1.82) is 0 Å². The lowest BCUT2D eigenvalue weighted by Crippen LogP contribution is -2.60. The highest BCUT2D eigenvalue weighted by Gasteiger charge is 2.41. The first-order valence-electron chi connectivity index (χ1n) is 19.7. The summed E-state index contributed by atoms with van der Waals surface area (Å²) in [5, 5.41) is 22.2. The van der Waals surface area contributed by atoms with Crippen LogP contribution in [-0.4, -0.2) is 121 Å². The molecule has 0 saturated carbocycles. The van der Waals surface area contributed by atoms with E-state index in [-0.39, 0.29) is 31.5 Å². The number of methoxy groups -OCH3 is 4. The predicted molar refractivity (Wildman–Crippen MR) is 224 cm³/mol. The topological polar surface area (TPSA) is 184 Å². The van der Waals surface area contributed by atoms with Crippen molar-refractivity contribution < 1.29 is 43.2 Å². The number of nitrogens with zero attached hydrogens (tertiary/aromatic N) is 4. The third-order valence-electron chi connectivity index (χ3n) is 10.3. The maximum atomic E-state index is 14.5. The highest BCUT2D eigenvalue weighted by Crippen LogP contribution is 2.29. The normalized spacial score (nSPS) is 15.6. The van der Waals surface area contributed by atoms with Gasteiger partial charge in [0.05, 0.1) is 52.3 Å². The number of hydrogen-bond acceptors (Lipinski definition) is 12. The minimum Gasteiger partial charge on any atom is -0.493 e. The third kappa shape index (κ3) is 13.0. The lowest BCUT2D eigenvalue weighted by molar-refractivity contribution is -0.132. The van der Waals surface area contributed by atoms with Crippen molar-refractivity contribution in [2.45, 2.75) is 91.4 Å². The summed E-state index contributed by atoms with van der Waals surface area (Å²) in [7, 11) is 5.88. The molecule has 5 unspecified atom stereocenters. The van der Waals surface area contributed by atoms with Gasteiger partial charge in [0.1, 0.15) is 17.1 Å². The standard InChI is InChI=1S/C42H61N7O9S/c1-10-27(2)36(49-19-18-47(41(49)54)23-30-26-59-35(43-30)25-55-6)38(51)44-31(20-28-14-12-11-13-15-28)32(50)24-48(22-29-16-17-33(56-7)34(21-29)57-8)46-39(52)37(42(3,4)5)45-40(53)58-9/h11-17,21,26-27,31-32,36-37,50H,10,18-20,22-25H2,1-9H3,(H,44,51)(H,45,53)(H,46,52). The number of rotatable bonds is 21. The van der Waals surface area contributed by atoms with Crippen LogP contribution in [-0.2, 0) is 45.2 Å². The highest BCUT2D eigenvalue weighted by atomic mass is 32.1. The monoisotopic (exact) mass is 839 g/mol. The van der Waals surface area contributed by atoms with Crippen molar-refractivity contribution in [3.8, 4) is 11.5 Å². The summed E-state index contributed by atoms with van der Waals surface area (Å²) in [5.74, 6) is -0.155. The molecule has 16 nitrogen and oxygen atoms in total. The molecule has 3 aromatic rings. The number of hydrogen-bond donors (Lipinski definition) is 4. The number of urea groups is 1. The zero-order chi connectivity index (χ0) is 43.3. The Labute approximate surface area is 351 Å². The van der Waals surface area contributed by atoms with Crippen LogP contribution in [0, 0.1) is 11.3 Å². The van der Waals surface area contributed by atoms with Gasteiger partial charge in [-0.3, -0.25) is 15.0 Å². The van der Waals surface area contributed by atoms with E-state index >= 15 is 0 Å². The molecule has 1 aromatic heterocycles. The molecular formula is C42H61N7O9S. The second-order valence-corrected chi connectivity index (χ2v) is 16.7.